The molecule has 0 aromatic rings. The van der Waals surface area contributed by atoms with Crippen LogP contribution in [0.15, 0.2) is 0 Å². The van der Waals surface area contributed by atoms with Gasteiger partial charge in [-0.3, -0.25) is 0 Å². The van der Waals surface area contributed by atoms with Crippen molar-refractivity contribution in [3.63, 3.8) is 0 Å². The molecule has 0 spiro atoms. The third-order valence-corrected chi connectivity index (χ3v) is 7.86. The van der Waals surface area contributed by atoms with E-state index in [-0.39, 0.29) is 0 Å². The Balaban J connectivity index is 2.39. The highest BCUT2D eigenvalue weighted by Crippen LogP contribution is 2.42. The lowest BCUT2D eigenvalue weighted by molar-refractivity contribution is 0.644. The summed E-state index contributed by atoms with van der Waals surface area (Å²) >= 11 is 17.3. The van der Waals surface area contributed by atoms with Crippen LogP contribution < -0.4 is 0 Å². The number of thiol groups is 3. The Morgan fingerprint density at radius 2 is 2.07 bits per heavy atom. The Kier molecular flexibility index (Phi) is 7.05. The Morgan fingerprint density at radius 1 is 1.29 bits per heavy atom. The minimum Gasteiger partial charge on any atom is -0.179 e. The van der Waals surface area contributed by atoms with Crippen LogP contribution in [0.3, 0.4) is 0 Å². The van der Waals surface area contributed by atoms with Gasteiger partial charge in [0.15, 0.2) is 0 Å². The van der Waals surface area contributed by atoms with Gasteiger partial charge in [-0.1, -0.05) is 0 Å². The van der Waals surface area contributed by atoms with E-state index in [1.807, 2.05) is 0 Å². The van der Waals surface area contributed by atoms with Gasteiger partial charge in [-0.25, -0.2) is 0 Å². The molecule has 0 saturated carbocycles. The SMILES string of the molecule is SCCCC1(CS)CSC(CS)CS1. The predicted octanol–water partition coefficient (Wildman–Crippen LogP) is 3.14. The molecule has 0 amide bonds. The third-order valence-electron chi connectivity index (χ3n) is 2.44. The molecule has 2 unspecified atom stereocenters. The van der Waals surface area contributed by atoms with E-state index in [1.54, 1.807) is 0 Å². The molecule has 1 fully saturated rings. The number of hydrogen-bond acceptors (Lipinski definition) is 5. The van der Waals surface area contributed by atoms with Gasteiger partial charge < -0.3 is 0 Å². The second-order valence-corrected chi connectivity index (χ2v) is 7.50. The average Bonchev–Trinajstić information content (AvgIpc) is 2.27. The molecule has 1 heterocycles. The largest absolute Gasteiger partial charge is 0.179 e. The van der Waals surface area contributed by atoms with Gasteiger partial charge >= 0.3 is 0 Å². The van der Waals surface area contributed by atoms with Crippen LogP contribution >= 0.6 is 61.4 Å². The standard InChI is InChI=1S/C9H18S5/c10-3-1-2-9(6-12)7-13-8(4-11)5-14-9/h8,10-12H,1-7H2. The van der Waals surface area contributed by atoms with Crippen molar-refractivity contribution < 1.29 is 0 Å². The van der Waals surface area contributed by atoms with E-state index in [1.165, 1.54) is 24.3 Å². The third kappa shape index (κ3) is 3.96. The van der Waals surface area contributed by atoms with Crippen molar-refractivity contribution in [1.82, 2.24) is 0 Å². The summed E-state index contributed by atoms with van der Waals surface area (Å²) in [7, 11) is 0. The van der Waals surface area contributed by atoms with Crippen LogP contribution in [-0.4, -0.2) is 38.8 Å². The first-order chi connectivity index (χ1) is 6.76. The van der Waals surface area contributed by atoms with E-state index in [0.717, 1.165) is 22.5 Å². The molecule has 5 heteroatoms. The molecule has 1 saturated heterocycles. The van der Waals surface area contributed by atoms with Crippen LogP contribution in [0.25, 0.3) is 0 Å². The molecule has 84 valence electrons. The zero-order valence-electron chi connectivity index (χ0n) is 8.19. The minimum absolute atomic E-state index is 0.413. The Labute approximate surface area is 112 Å². The molecule has 2 atom stereocenters. The summed E-state index contributed by atoms with van der Waals surface area (Å²) < 4.78 is 0.413. The lowest BCUT2D eigenvalue weighted by Gasteiger charge is -2.38. The van der Waals surface area contributed by atoms with Crippen LogP contribution in [0.2, 0.25) is 0 Å². The van der Waals surface area contributed by atoms with Crippen LogP contribution in [0.5, 0.6) is 0 Å². The first-order valence-corrected chi connectivity index (χ1v) is 8.77. The molecular formula is C9H18S5. The topological polar surface area (TPSA) is 0 Å². The van der Waals surface area contributed by atoms with Crippen LogP contribution in [0.1, 0.15) is 12.8 Å². The fourth-order valence-corrected chi connectivity index (χ4v) is 5.98. The molecule has 0 bridgehead atoms. The summed E-state index contributed by atoms with van der Waals surface area (Å²) in [5, 5.41) is 0.743. The Morgan fingerprint density at radius 3 is 2.50 bits per heavy atom. The number of thioether (sulfide) groups is 2. The molecule has 0 aliphatic carbocycles. The summed E-state index contributed by atoms with van der Waals surface area (Å²) in [4.78, 5) is 0. The lowest BCUT2D eigenvalue weighted by atomic mass is 10.1. The fourth-order valence-electron chi connectivity index (χ4n) is 1.45. The summed E-state index contributed by atoms with van der Waals surface area (Å²) in [6, 6.07) is 0. The van der Waals surface area contributed by atoms with E-state index in [9.17, 15) is 0 Å². The number of rotatable bonds is 5. The summed E-state index contributed by atoms with van der Waals surface area (Å²) in [5.74, 6) is 5.48. The first kappa shape index (κ1) is 13.8. The van der Waals surface area contributed by atoms with Crippen LogP contribution in [0.4, 0.5) is 0 Å². The molecule has 0 N–H and O–H groups in total. The van der Waals surface area contributed by atoms with Crippen molar-refractivity contribution in [2.45, 2.75) is 22.8 Å². The minimum atomic E-state index is 0.413. The smallest absolute Gasteiger partial charge is 0.0338 e. The maximum atomic E-state index is 4.50. The van der Waals surface area contributed by atoms with E-state index in [0.29, 0.717) is 4.75 Å². The average molecular weight is 287 g/mol. The maximum absolute atomic E-state index is 4.50. The monoisotopic (exact) mass is 286 g/mol. The maximum Gasteiger partial charge on any atom is 0.0338 e. The van der Waals surface area contributed by atoms with Crippen LogP contribution in [-0.2, 0) is 0 Å². The van der Waals surface area contributed by atoms with Gasteiger partial charge in [0, 0.05) is 33.0 Å². The second-order valence-electron chi connectivity index (χ2n) is 3.59. The van der Waals surface area contributed by atoms with Gasteiger partial charge in [-0.05, 0) is 18.6 Å². The molecule has 14 heavy (non-hydrogen) atoms. The Bertz CT molecular complexity index is 153. The van der Waals surface area contributed by atoms with Crippen molar-refractivity contribution in [2.75, 3.05) is 28.8 Å². The second kappa shape index (κ2) is 7.15. The van der Waals surface area contributed by atoms with Crippen molar-refractivity contribution >= 4 is 61.4 Å². The summed E-state index contributed by atoms with van der Waals surface area (Å²) in [5.41, 5.74) is 0. The zero-order valence-corrected chi connectivity index (χ0v) is 12.5. The van der Waals surface area contributed by atoms with E-state index < -0.39 is 0 Å². The highest BCUT2D eigenvalue weighted by atomic mass is 32.2. The van der Waals surface area contributed by atoms with Crippen molar-refractivity contribution in [2.24, 2.45) is 0 Å². The van der Waals surface area contributed by atoms with E-state index in [2.05, 4.69) is 61.4 Å². The quantitative estimate of drug-likeness (QED) is 0.664. The lowest BCUT2D eigenvalue weighted by Crippen LogP contribution is -2.37. The predicted molar refractivity (Wildman–Crippen MR) is 82.2 cm³/mol. The molecule has 1 aliphatic heterocycles. The van der Waals surface area contributed by atoms with Crippen molar-refractivity contribution in [1.29, 1.82) is 0 Å². The highest BCUT2D eigenvalue weighted by Gasteiger charge is 2.34. The normalized spacial score (nSPS) is 33.2. The molecule has 0 aromatic carbocycles. The zero-order chi connectivity index (χ0) is 10.4. The summed E-state index contributed by atoms with van der Waals surface area (Å²) in [6.45, 7) is 0. The van der Waals surface area contributed by atoms with E-state index >= 15 is 0 Å². The molecule has 0 nitrogen and oxygen atoms in total. The number of hydrogen-bond donors (Lipinski definition) is 3. The van der Waals surface area contributed by atoms with Gasteiger partial charge in [-0.15, -0.1) is 0 Å². The fraction of sp³-hybridized carbons (Fsp3) is 1.00. The van der Waals surface area contributed by atoms with Crippen molar-refractivity contribution in [3.05, 3.63) is 0 Å². The van der Waals surface area contributed by atoms with Gasteiger partial charge in [-0.2, -0.15) is 61.4 Å². The first-order valence-electron chi connectivity index (χ1n) is 4.84. The highest BCUT2D eigenvalue weighted by molar-refractivity contribution is 8.08. The molecule has 1 aliphatic rings. The molecular weight excluding hydrogens is 268 g/mol. The molecule has 1 rings (SSSR count). The molecule has 0 aromatic heterocycles. The van der Waals surface area contributed by atoms with Gasteiger partial charge in [0.2, 0.25) is 0 Å². The van der Waals surface area contributed by atoms with E-state index in [4.69, 9.17) is 0 Å². The van der Waals surface area contributed by atoms with Crippen LogP contribution in [0, 0.1) is 0 Å². The summed E-state index contributed by atoms with van der Waals surface area (Å²) in [6.07, 6.45) is 2.47. The van der Waals surface area contributed by atoms with Crippen molar-refractivity contribution in [3.8, 4) is 0 Å². The Hall–Kier alpha value is 1.75. The van der Waals surface area contributed by atoms with Gasteiger partial charge in [0.25, 0.3) is 0 Å². The van der Waals surface area contributed by atoms with Gasteiger partial charge in [0.1, 0.15) is 0 Å². The molecule has 0 radical (unpaired) electrons. The van der Waals surface area contributed by atoms with Gasteiger partial charge in [0.05, 0.1) is 0 Å².